The molecule has 116 valence electrons. The Balaban J connectivity index is 3.26. The Morgan fingerprint density at radius 3 is 2.43 bits per heavy atom. The molecule has 1 aromatic rings. The standard InChI is InChI=1S/C12H16N2O6S/c1-3-14(7-11(16)13-2)21(19,20)8-4-5-10(15)9(6-8)12(17)18/h4-6,15H,3,7H2,1-2H3,(H,13,16)(H,17,18). The molecule has 1 amide bonds. The molecule has 0 unspecified atom stereocenters. The van der Waals surface area contributed by atoms with Crippen molar-refractivity contribution in [3.05, 3.63) is 23.8 Å². The summed E-state index contributed by atoms with van der Waals surface area (Å²) in [6.45, 7) is 1.22. The summed E-state index contributed by atoms with van der Waals surface area (Å²) >= 11 is 0. The Bertz CT molecular complexity index is 656. The van der Waals surface area contributed by atoms with E-state index >= 15 is 0 Å². The molecule has 9 heteroatoms. The molecular weight excluding hydrogens is 300 g/mol. The second-order valence-electron chi connectivity index (χ2n) is 4.09. The zero-order chi connectivity index (χ0) is 16.2. The summed E-state index contributed by atoms with van der Waals surface area (Å²) < 4.78 is 25.7. The van der Waals surface area contributed by atoms with Crippen molar-refractivity contribution in [2.45, 2.75) is 11.8 Å². The van der Waals surface area contributed by atoms with Crippen molar-refractivity contribution in [2.75, 3.05) is 20.1 Å². The summed E-state index contributed by atoms with van der Waals surface area (Å²) in [5.41, 5.74) is -0.521. The number of carboxylic acids is 1. The first-order valence-corrected chi connectivity index (χ1v) is 7.45. The summed E-state index contributed by atoms with van der Waals surface area (Å²) in [5, 5.41) is 20.6. The van der Waals surface area contributed by atoms with Crippen LogP contribution >= 0.6 is 0 Å². The largest absolute Gasteiger partial charge is 0.507 e. The van der Waals surface area contributed by atoms with Crippen molar-refractivity contribution in [1.82, 2.24) is 9.62 Å². The molecule has 1 aromatic carbocycles. The monoisotopic (exact) mass is 316 g/mol. The van der Waals surface area contributed by atoms with E-state index in [0.29, 0.717) is 0 Å². The van der Waals surface area contributed by atoms with Crippen LogP contribution in [0, 0.1) is 0 Å². The minimum atomic E-state index is -4.03. The number of amides is 1. The summed E-state index contributed by atoms with van der Waals surface area (Å²) in [7, 11) is -2.65. The minimum Gasteiger partial charge on any atom is -0.507 e. The van der Waals surface area contributed by atoms with Crippen molar-refractivity contribution >= 4 is 21.9 Å². The number of hydrogen-bond donors (Lipinski definition) is 3. The third-order valence-corrected chi connectivity index (χ3v) is 4.70. The number of nitrogens with zero attached hydrogens (tertiary/aromatic N) is 1. The molecule has 8 nitrogen and oxygen atoms in total. The van der Waals surface area contributed by atoms with Gasteiger partial charge in [0.25, 0.3) is 0 Å². The van der Waals surface area contributed by atoms with E-state index in [0.717, 1.165) is 22.5 Å². The molecule has 0 atom stereocenters. The highest BCUT2D eigenvalue weighted by molar-refractivity contribution is 7.89. The van der Waals surface area contributed by atoms with Crippen molar-refractivity contribution in [3.63, 3.8) is 0 Å². The Morgan fingerprint density at radius 1 is 1.33 bits per heavy atom. The van der Waals surface area contributed by atoms with Gasteiger partial charge in [-0.05, 0) is 18.2 Å². The highest BCUT2D eigenvalue weighted by Gasteiger charge is 2.26. The first-order chi connectivity index (χ1) is 9.73. The first-order valence-electron chi connectivity index (χ1n) is 6.01. The molecule has 0 saturated carbocycles. The highest BCUT2D eigenvalue weighted by atomic mass is 32.2. The third-order valence-electron chi connectivity index (χ3n) is 2.79. The molecule has 0 aliphatic rings. The normalized spacial score (nSPS) is 11.4. The lowest BCUT2D eigenvalue weighted by Gasteiger charge is -2.19. The predicted molar refractivity (Wildman–Crippen MR) is 73.6 cm³/mol. The number of phenols is 1. The van der Waals surface area contributed by atoms with Gasteiger partial charge in [0.05, 0.1) is 11.4 Å². The summed E-state index contributed by atoms with van der Waals surface area (Å²) in [6, 6.07) is 2.94. The van der Waals surface area contributed by atoms with Crippen molar-refractivity contribution in [3.8, 4) is 5.75 Å². The molecule has 0 aliphatic heterocycles. The zero-order valence-corrected chi connectivity index (χ0v) is 12.3. The van der Waals surface area contributed by atoms with Gasteiger partial charge in [0.1, 0.15) is 11.3 Å². The Morgan fingerprint density at radius 2 is 1.95 bits per heavy atom. The van der Waals surface area contributed by atoms with E-state index in [1.165, 1.54) is 7.05 Å². The second kappa shape index (κ2) is 6.55. The Hall–Kier alpha value is -2.13. The van der Waals surface area contributed by atoms with Gasteiger partial charge in [0.15, 0.2) is 0 Å². The molecule has 3 N–H and O–H groups in total. The lowest BCUT2D eigenvalue weighted by molar-refractivity contribution is -0.120. The van der Waals surface area contributed by atoms with Crippen LogP contribution in [0.3, 0.4) is 0 Å². The lowest BCUT2D eigenvalue weighted by Crippen LogP contribution is -2.39. The van der Waals surface area contributed by atoms with E-state index in [1.807, 2.05) is 0 Å². The lowest BCUT2D eigenvalue weighted by atomic mass is 10.2. The number of aromatic carboxylic acids is 1. The summed E-state index contributed by atoms with van der Waals surface area (Å²) in [5.74, 6) is -2.47. The van der Waals surface area contributed by atoms with Gasteiger partial charge in [-0.1, -0.05) is 6.92 Å². The Labute approximate surface area is 122 Å². The van der Waals surface area contributed by atoms with Gasteiger partial charge in [0.2, 0.25) is 15.9 Å². The van der Waals surface area contributed by atoms with Crippen LogP contribution in [0.1, 0.15) is 17.3 Å². The van der Waals surface area contributed by atoms with E-state index in [1.54, 1.807) is 6.92 Å². The van der Waals surface area contributed by atoms with E-state index in [2.05, 4.69) is 5.32 Å². The van der Waals surface area contributed by atoms with Crippen LogP contribution in [0.5, 0.6) is 5.75 Å². The topological polar surface area (TPSA) is 124 Å². The molecule has 0 bridgehead atoms. The molecule has 0 aliphatic carbocycles. The molecule has 0 fully saturated rings. The van der Waals surface area contributed by atoms with Gasteiger partial charge in [-0.3, -0.25) is 4.79 Å². The van der Waals surface area contributed by atoms with Crippen LogP contribution < -0.4 is 5.32 Å². The van der Waals surface area contributed by atoms with Gasteiger partial charge in [-0.2, -0.15) is 4.31 Å². The summed E-state index contributed by atoms with van der Waals surface area (Å²) in [6.07, 6.45) is 0. The maximum absolute atomic E-state index is 12.4. The average Bonchev–Trinajstić information content (AvgIpc) is 2.43. The van der Waals surface area contributed by atoms with Crippen molar-refractivity contribution < 1.29 is 28.2 Å². The van der Waals surface area contributed by atoms with Crippen LogP contribution in [0.15, 0.2) is 23.1 Å². The van der Waals surface area contributed by atoms with E-state index in [9.17, 15) is 23.1 Å². The van der Waals surface area contributed by atoms with Gasteiger partial charge in [-0.25, -0.2) is 13.2 Å². The SMILES string of the molecule is CCN(CC(=O)NC)S(=O)(=O)c1ccc(O)c(C(=O)O)c1. The maximum atomic E-state index is 12.4. The predicted octanol–water partition coefficient (Wildman–Crippen LogP) is -0.153. The van der Waals surface area contributed by atoms with Crippen LogP contribution in [-0.4, -0.2) is 54.9 Å². The zero-order valence-electron chi connectivity index (χ0n) is 11.5. The van der Waals surface area contributed by atoms with Crippen molar-refractivity contribution in [2.24, 2.45) is 0 Å². The number of benzene rings is 1. The van der Waals surface area contributed by atoms with Crippen LogP contribution in [0.2, 0.25) is 0 Å². The van der Waals surface area contributed by atoms with E-state index in [4.69, 9.17) is 5.11 Å². The molecule has 21 heavy (non-hydrogen) atoms. The Kier molecular flexibility index (Phi) is 5.28. The number of hydrogen-bond acceptors (Lipinski definition) is 5. The number of likely N-dealkylation sites (N-methyl/N-ethyl adjacent to an activating group) is 2. The number of aromatic hydroxyl groups is 1. The molecule has 0 radical (unpaired) electrons. The average molecular weight is 316 g/mol. The van der Waals surface area contributed by atoms with Crippen LogP contribution in [-0.2, 0) is 14.8 Å². The molecule has 0 heterocycles. The number of nitrogens with one attached hydrogen (secondary N) is 1. The number of sulfonamides is 1. The number of carbonyl (C=O) groups is 2. The third kappa shape index (κ3) is 3.70. The molecular formula is C12H16N2O6S. The molecule has 0 aromatic heterocycles. The van der Waals surface area contributed by atoms with Gasteiger partial charge in [-0.15, -0.1) is 0 Å². The fourth-order valence-corrected chi connectivity index (χ4v) is 3.03. The minimum absolute atomic E-state index is 0.0407. The van der Waals surface area contributed by atoms with Crippen LogP contribution in [0.4, 0.5) is 0 Å². The fourth-order valence-electron chi connectivity index (χ4n) is 1.60. The van der Waals surface area contributed by atoms with Crippen LogP contribution in [0.25, 0.3) is 0 Å². The fraction of sp³-hybridized carbons (Fsp3) is 0.333. The molecule has 0 spiro atoms. The van der Waals surface area contributed by atoms with Crippen molar-refractivity contribution in [1.29, 1.82) is 0 Å². The van der Waals surface area contributed by atoms with E-state index in [-0.39, 0.29) is 18.0 Å². The van der Waals surface area contributed by atoms with Gasteiger partial charge in [0, 0.05) is 13.6 Å². The number of carbonyl (C=O) groups excluding carboxylic acids is 1. The quantitative estimate of drug-likeness (QED) is 0.670. The maximum Gasteiger partial charge on any atom is 0.339 e. The summed E-state index contributed by atoms with van der Waals surface area (Å²) in [4.78, 5) is 22.0. The highest BCUT2D eigenvalue weighted by Crippen LogP contribution is 2.23. The van der Waals surface area contributed by atoms with E-state index < -0.39 is 33.2 Å². The molecule has 0 saturated heterocycles. The van der Waals surface area contributed by atoms with Gasteiger partial charge < -0.3 is 15.5 Å². The number of carboxylic acid groups (broad SMARTS) is 1. The molecule has 1 rings (SSSR count). The van der Waals surface area contributed by atoms with Gasteiger partial charge >= 0.3 is 5.97 Å². The second-order valence-corrected chi connectivity index (χ2v) is 6.03. The smallest absolute Gasteiger partial charge is 0.339 e. The number of rotatable bonds is 6. The first kappa shape index (κ1) is 16.9.